The molecule has 0 aliphatic carbocycles. The van der Waals surface area contributed by atoms with Gasteiger partial charge in [-0.25, -0.2) is 0 Å². The first kappa shape index (κ1) is 26.0. The Hall–Kier alpha value is -3.04. The highest BCUT2D eigenvalue weighted by Crippen LogP contribution is 2.43. The van der Waals surface area contributed by atoms with Crippen molar-refractivity contribution in [1.29, 1.82) is 0 Å². The van der Waals surface area contributed by atoms with Gasteiger partial charge in [0, 0.05) is 39.6 Å². The van der Waals surface area contributed by atoms with Gasteiger partial charge in [0.1, 0.15) is 12.3 Å². The van der Waals surface area contributed by atoms with Crippen LogP contribution in [0.25, 0.3) is 11.6 Å². The molecule has 0 aromatic heterocycles. The number of nitrogens with one attached hydrogen (secondary N) is 1. The predicted molar refractivity (Wildman–Crippen MR) is 149 cm³/mol. The van der Waals surface area contributed by atoms with Crippen molar-refractivity contribution in [2.75, 3.05) is 30.4 Å². The molecule has 2 aliphatic heterocycles. The fourth-order valence-corrected chi connectivity index (χ4v) is 5.74. The number of fused-ring (bicyclic) bond motifs is 1. The zero-order valence-electron chi connectivity index (χ0n) is 20.8. The zero-order valence-corrected chi connectivity index (χ0v) is 23.2. The number of carbonyl (C=O) groups is 3. The van der Waals surface area contributed by atoms with E-state index in [0.29, 0.717) is 17.0 Å². The number of rotatable bonds is 6. The standard InChI is InChI=1S/C27H28BrN3O4S/c1-6-31-21-13-22(35-5)17(11-20(21)16(2)14-27(31,3)4)12-23-25(33)30(26(34)36-23)15-24(32)29-19-9-7-18(28)8-10-19/h7-14H,6,15H2,1-5H3,(H,29,32)/b23-12+. The maximum Gasteiger partial charge on any atom is 0.294 e. The molecule has 2 heterocycles. The van der Waals surface area contributed by atoms with E-state index in [9.17, 15) is 14.4 Å². The smallest absolute Gasteiger partial charge is 0.294 e. The van der Waals surface area contributed by atoms with Crippen molar-refractivity contribution >= 4 is 67.8 Å². The summed E-state index contributed by atoms with van der Waals surface area (Å²) in [5.74, 6) is -0.341. The second-order valence-electron chi connectivity index (χ2n) is 9.16. The lowest BCUT2D eigenvalue weighted by Gasteiger charge is -2.43. The molecule has 2 aromatic carbocycles. The molecule has 4 rings (SSSR count). The average molecular weight is 571 g/mol. The van der Waals surface area contributed by atoms with Gasteiger partial charge in [-0.3, -0.25) is 19.3 Å². The molecular formula is C27H28BrN3O4S. The van der Waals surface area contributed by atoms with Crippen molar-refractivity contribution in [1.82, 2.24) is 4.90 Å². The number of anilines is 2. The number of ether oxygens (including phenoxy) is 1. The normalized spacial score (nSPS) is 17.8. The summed E-state index contributed by atoms with van der Waals surface area (Å²) in [6.45, 7) is 9.00. The van der Waals surface area contributed by atoms with Crippen LogP contribution in [-0.4, -0.2) is 47.7 Å². The Morgan fingerprint density at radius 1 is 1.19 bits per heavy atom. The third kappa shape index (κ3) is 5.08. The summed E-state index contributed by atoms with van der Waals surface area (Å²) in [4.78, 5) is 41.7. The van der Waals surface area contributed by atoms with Gasteiger partial charge in [-0.1, -0.05) is 22.0 Å². The highest BCUT2D eigenvalue weighted by molar-refractivity contribution is 9.10. The van der Waals surface area contributed by atoms with Crippen molar-refractivity contribution in [3.63, 3.8) is 0 Å². The van der Waals surface area contributed by atoms with Gasteiger partial charge in [0.15, 0.2) is 0 Å². The number of hydrogen-bond donors (Lipinski definition) is 1. The molecule has 0 unspecified atom stereocenters. The molecule has 0 bridgehead atoms. The maximum atomic E-state index is 13.1. The number of nitrogens with zero attached hydrogens (tertiary/aromatic N) is 2. The monoisotopic (exact) mass is 569 g/mol. The van der Waals surface area contributed by atoms with Crippen LogP contribution in [0.2, 0.25) is 0 Å². The van der Waals surface area contributed by atoms with E-state index in [1.165, 1.54) is 0 Å². The molecule has 9 heteroatoms. The molecule has 2 aliphatic rings. The lowest BCUT2D eigenvalue weighted by atomic mass is 9.87. The third-order valence-electron chi connectivity index (χ3n) is 6.24. The highest BCUT2D eigenvalue weighted by Gasteiger charge is 2.37. The Kier molecular flexibility index (Phi) is 7.33. The second-order valence-corrected chi connectivity index (χ2v) is 11.1. The molecule has 1 fully saturated rings. The molecule has 7 nitrogen and oxygen atoms in total. The number of carbonyl (C=O) groups excluding carboxylic acids is 3. The summed E-state index contributed by atoms with van der Waals surface area (Å²) < 4.78 is 6.55. The zero-order chi connectivity index (χ0) is 26.2. The van der Waals surface area contributed by atoms with E-state index >= 15 is 0 Å². The fraction of sp³-hybridized carbons (Fsp3) is 0.296. The lowest BCUT2D eigenvalue weighted by Crippen LogP contribution is -2.44. The Bertz CT molecular complexity index is 1300. The molecule has 1 saturated heterocycles. The van der Waals surface area contributed by atoms with Gasteiger partial charge in [-0.05, 0) is 81.4 Å². The van der Waals surface area contributed by atoms with Crippen LogP contribution in [0.5, 0.6) is 5.75 Å². The van der Waals surface area contributed by atoms with E-state index in [1.807, 2.05) is 12.1 Å². The van der Waals surface area contributed by atoms with Crippen LogP contribution < -0.4 is 15.0 Å². The SMILES string of the molecule is CCN1c2cc(OC)c(/C=C3/SC(=O)N(CC(=O)Nc4ccc(Br)cc4)C3=O)cc2C(C)=CC1(C)C. The minimum absolute atomic E-state index is 0.141. The molecule has 0 saturated carbocycles. The number of methoxy groups -OCH3 is 1. The van der Waals surface area contributed by atoms with Gasteiger partial charge in [-0.2, -0.15) is 0 Å². The summed E-state index contributed by atoms with van der Waals surface area (Å²) in [6, 6.07) is 11.0. The number of thioether (sulfide) groups is 1. The molecule has 0 atom stereocenters. The van der Waals surface area contributed by atoms with E-state index in [1.54, 1.807) is 37.5 Å². The number of hydrogen-bond acceptors (Lipinski definition) is 6. The van der Waals surface area contributed by atoms with Crippen LogP contribution in [0.1, 0.15) is 38.8 Å². The van der Waals surface area contributed by atoms with Crippen molar-refractivity contribution in [3.8, 4) is 5.75 Å². The summed E-state index contributed by atoms with van der Waals surface area (Å²) in [7, 11) is 1.59. The minimum atomic E-state index is -0.501. The van der Waals surface area contributed by atoms with Gasteiger partial charge in [0.05, 0.1) is 17.6 Å². The van der Waals surface area contributed by atoms with E-state index in [0.717, 1.165) is 44.5 Å². The molecule has 2 aromatic rings. The van der Waals surface area contributed by atoms with E-state index in [4.69, 9.17) is 4.74 Å². The van der Waals surface area contributed by atoms with Gasteiger partial charge in [-0.15, -0.1) is 0 Å². The molecule has 36 heavy (non-hydrogen) atoms. The summed E-state index contributed by atoms with van der Waals surface area (Å²) in [6.07, 6.45) is 3.90. The van der Waals surface area contributed by atoms with Gasteiger partial charge in [0.2, 0.25) is 5.91 Å². The van der Waals surface area contributed by atoms with Crippen LogP contribution in [0.3, 0.4) is 0 Å². The number of amides is 3. The molecular weight excluding hydrogens is 542 g/mol. The minimum Gasteiger partial charge on any atom is -0.496 e. The Labute approximate surface area is 223 Å². The van der Waals surface area contributed by atoms with Crippen LogP contribution in [-0.2, 0) is 9.59 Å². The number of halogens is 1. The van der Waals surface area contributed by atoms with Gasteiger partial charge < -0.3 is 15.0 Å². The summed E-state index contributed by atoms with van der Waals surface area (Å²) >= 11 is 4.16. The van der Waals surface area contributed by atoms with E-state index < -0.39 is 17.1 Å². The fourth-order valence-electron chi connectivity index (χ4n) is 4.64. The first-order valence-electron chi connectivity index (χ1n) is 11.5. The number of benzene rings is 2. The van der Waals surface area contributed by atoms with Crippen molar-refractivity contribution in [2.24, 2.45) is 0 Å². The molecule has 0 radical (unpaired) electrons. The first-order chi connectivity index (χ1) is 17.0. The van der Waals surface area contributed by atoms with Crippen LogP contribution in [0.4, 0.5) is 16.2 Å². The van der Waals surface area contributed by atoms with Crippen molar-refractivity contribution in [2.45, 2.75) is 33.2 Å². The predicted octanol–water partition coefficient (Wildman–Crippen LogP) is 6.15. The van der Waals surface area contributed by atoms with Gasteiger partial charge >= 0.3 is 0 Å². The quantitative estimate of drug-likeness (QED) is 0.420. The molecule has 1 N–H and O–H groups in total. The topological polar surface area (TPSA) is 79.0 Å². The van der Waals surface area contributed by atoms with Gasteiger partial charge in [0.25, 0.3) is 11.1 Å². The van der Waals surface area contributed by atoms with Crippen LogP contribution >= 0.6 is 27.7 Å². The van der Waals surface area contributed by atoms with E-state index in [2.05, 4.69) is 59.9 Å². The first-order valence-corrected chi connectivity index (χ1v) is 13.1. The highest BCUT2D eigenvalue weighted by atomic mass is 79.9. The summed E-state index contributed by atoms with van der Waals surface area (Å²) in [5.41, 5.74) is 4.39. The van der Waals surface area contributed by atoms with Crippen molar-refractivity contribution in [3.05, 3.63) is 63.0 Å². The maximum absolute atomic E-state index is 13.1. The second kappa shape index (κ2) is 10.1. The molecule has 3 amide bonds. The molecule has 0 spiro atoms. The Morgan fingerprint density at radius 2 is 1.89 bits per heavy atom. The lowest BCUT2D eigenvalue weighted by molar-refractivity contribution is -0.127. The van der Waals surface area contributed by atoms with Crippen LogP contribution in [0.15, 0.2) is 51.9 Å². The van der Waals surface area contributed by atoms with Crippen molar-refractivity contribution < 1.29 is 19.1 Å². The average Bonchev–Trinajstić information content (AvgIpc) is 3.07. The molecule has 188 valence electrons. The number of imide groups is 1. The number of likely N-dealkylation sites (N-methyl/N-ethyl adjacent to an activating group) is 1. The van der Waals surface area contributed by atoms with E-state index in [-0.39, 0.29) is 17.0 Å². The van der Waals surface area contributed by atoms with Crippen LogP contribution in [0, 0.1) is 0 Å². The Balaban J connectivity index is 1.59. The summed E-state index contributed by atoms with van der Waals surface area (Å²) in [5, 5.41) is 2.23. The third-order valence-corrected chi connectivity index (χ3v) is 7.67. The largest absolute Gasteiger partial charge is 0.496 e. The number of allylic oxidation sites excluding steroid dienone is 1. The Morgan fingerprint density at radius 3 is 2.53 bits per heavy atom.